The number of hydrogen-bond acceptors (Lipinski definition) is 2. The number of aliphatic imine (C=N–C) groups is 2. The van der Waals surface area contributed by atoms with Crippen LogP contribution in [0.4, 0.5) is 0 Å². The maximum absolute atomic E-state index is 5.60. The third kappa shape index (κ3) is 10.0. The summed E-state index contributed by atoms with van der Waals surface area (Å²) in [6, 6.07) is 37.0. The van der Waals surface area contributed by atoms with Crippen LogP contribution in [0.25, 0.3) is 38.4 Å². The predicted octanol–water partition coefficient (Wildman–Crippen LogP) is 14.8. The molecule has 0 fully saturated rings. The zero-order valence-electron chi connectivity index (χ0n) is 38.2. The van der Waals surface area contributed by atoms with E-state index in [4.69, 9.17) is 16.6 Å². The Labute approximate surface area is 376 Å². The lowest BCUT2D eigenvalue weighted by Gasteiger charge is -2.29. The largest absolute Gasteiger partial charge is 0.284 e. The van der Waals surface area contributed by atoms with Crippen LogP contribution >= 0.6 is 0 Å². The quantitative estimate of drug-likeness (QED) is 0.0642. The first-order chi connectivity index (χ1) is 30.6. The number of allylic oxidation sites excluding steroid dienone is 15. The van der Waals surface area contributed by atoms with Crippen LogP contribution in [-0.2, 0) is 0 Å². The van der Waals surface area contributed by atoms with E-state index in [1.165, 1.54) is 71.2 Å². The smallest absolute Gasteiger partial charge is 0.0719 e. The minimum absolute atomic E-state index is 0.375. The van der Waals surface area contributed by atoms with Crippen LogP contribution < -0.4 is 10.4 Å². The molecule has 316 valence electrons. The van der Waals surface area contributed by atoms with Gasteiger partial charge in [-0.1, -0.05) is 185 Å². The lowest BCUT2D eigenvalue weighted by atomic mass is 9.76. The average Bonchev–Trinajstić information content (AvgIpc) is 3.30. The first-order valence-corrected chi connectivity index (χ1v) is 22.6. The molecule has 2 aliphatic carbocycles. The van der Waals surface area contributed by atoms with E-state index in [9.17, 15) is 0 Å². The molecule has 0 heterocycles. The molecule has 0 N–H and O–H groups in total. The summed E-state index contributed by atoms with van der Waals surface area (Å²) in [5.41, 5.74) is 13.4. The number of nitrogens with zero attached hydrogens (tertiary/aromatic N) is 2. The standard InChI is InChI=1S/C61H62N2/c1-9-11-24-43(3)48-35-37-61(7,38-36-48)59(41-58(62-8)57-40-49-27-16-18-29-51(49)53-31-19-20-33-55(53)57)63-42-47(23-10-2)39-46(6)60-45(5)26-13-12-14-30-52(50-28-17-15-25-44(50)4)54-32-21-22-34-56(54)60/h9,11,14-22,24-37,39-41H,6,8,10,12-13,23,38,42H2,1-5,7H3/b11-9-,30-14+,43-24+,45-26+,47-39+,54-52+,58-41-,60-56+,63-59+. The van der Waals surface area contributed by atoms with Crippen molar-refractivity contribution in [1.29, 1.82) is 0 Å². The van der Waals surface area contributed by atoms with Gasteiger partial charge in [0, 0.05) is 16.7 Å². The highest BCUT2D eigenvalue weighted by molar-refractivity contribution is 6.14. The topological polar surface area (TPSA) is 24.7 Å². The van der Waals surface area contributed by atoms with E-state index in [-0.39, 0.29) is 5.41 Å². The molecule has 0 aliphatic heterocycles. The minimum atomic E-state index is -0.375. The van der Waals surface area contributed by atoms with Crippen LogP contribution in [0.2, 0.25) is 0 Å². The molecule has 7 rings (SSSR count). The minimum Gasteiger partial charge on any atom is -0.284 e. The van der Waals surface area contributed by atoms with E-state index < -0.39 is 0 Å². The summed E-state index contributed by atoms with van der Waals surface area (Å²) in [7, 11) is 0. The average molecular weight is 823 g/mol. The summed E-state index contributed by atoms with van der Waals surface area (Å²) in [6.07, 6.45) is 29.5. The second-order valence-electron chi connectivity index (χ2n) is 17.2. The molecule has 2 nitrogen and oxygen atoms in total. The van der Waals surface area contributed by atoms with Gasteiger partial charge in [-0.15, -0.1) is 0 Å². The Morgan fingerprint density at radius 1 is 0.810 bits per heavy atom. The van der Waals surface area contributed by atoms with Gasteiger partial charge in [0.2, 0.25) is 0 Å². The van der Waals surface area contributed by atoms with E-state index >= 15 is 0 Å². The molecule has 1 atom stereocenters. The summed E-state index contributed by atoms with van der Waals surface area (Å²) in [5.74, 6) is 0. The van der Waals surface area contributed by atoms with Crippen molar-refractivity contribution in [2.24, 2.45) is 15.4 Å². The van der Waals surface area contributed by atoms with Crippen molar-refractivity contribution in [3.63, 3.8) is 0 Å². The molecule has 0 amide bonds. The molecule has 5 aromatic rings. The molecule has 2 aliphatic rings. The first kappa shape index (κ1) is 44.4. The molecule has 5 aromatic carbocycles. The summed E-state index contributed by atoms with van der Waals surface area (Å²) < 4.78 is 0. The maximum Gasteiger partial charge on any atom is 0.0719 e. The van der Waals surface area contributed by atoms with Crippen LogP contribution in [0.15, 0.2) is 214 Å². The zero-order chi connectivity index (χ0) is 44.3. The van der Waals surface area contributed by atoms with Crippen molar-refractivity contribution in [1.82, 2.24) is 0 Å². The summed E-state index contributed by atoms with van der Waals surface area (Å²) in [4.78, 5) is 10.4. The van der Waals surface area contributed by atoms with Crippen molar-refractivity contribution < 1.29 is 0 Å². The molecule has 0 saturated heterocycles. The molecule has 0 radical (unpaired) electrons. The summed E-state index contributed by atoms with van der Waals surface area (Å²) in [5, 5.41) is 7.18. The highest BCUT2D eigenvalue weighted by Crippen LogP contribution is 2.38. The van der Waals surface area contributed by atoms with Crippen molar-refractivity contribution >= 4 is 50.8 Å². The molecule has 2 heteroatoms. The van der Waals surface area contributed by atoms with E-state index in [1.54, 1.807) is 0 Å². The first-order valence-electron chi connectivity index (χ1n) is 22.6. The number of rotatable bonds is 13. The van der Waals surface area contributed by atoms with Gasteiger partial charge < -0.3 is 0 Å². The Kier molecular flexibility index (Phi) is 14.4. The molecule has 0 aromatic heterocycles. The fourth-order valence-electron chi connectivity index (χ4n) is 9.04. The van der Waals surface area contributed by atoms with E-state index in [1.807, 2.05) is 0 Å². The molecular formula is C61H62N2. The molecule has 1 unspecified atom stereocenters. The fraction of sp³-hybridized carbons (Fsp3) is 0.213. The molecule has 0 spiro atoms. The number of benzene rings is 5. The number of fused-ring (bicyclic) bond motifs is 4. The Balaban J connectivity index is 1.38. The van der Waals surface area contributed by atoms with Gasteiger partial charge in [0.15, 0.2) is 0 Å². The predicted molar refractivity (Wildman–Crippen MR) is 277 cm³/mol. The van der Waals surface area contributed by atoms with Gasteiger partial charge in [0.1, 0.15) is 0 Å². The summed E-state index contributed by atoms with van der Waals surface area (Å²) >= 11 is 0. The second-order valence-corrected chi connectivity index (χ2v) is 17.2. The van der Waals surface area contributed by atoms with Gasteiger partial charge in [0.05, 0.1) is 12.2 Å². The van der Waals surface area contributed by atoms with Gasteiger partial charge in [-0.3, -0.25) is 9.98 Å². The lowest BCUT2D eigenvalue weighted by Crippen LogP contribution is -2.30. The van der Waals surface area contributed by atoms with Crippen molar-refractivity contribution in [3.05, 3.63) is 232 Å². The van der Waals surface area contributed by atoms with Crippen LogP contribution in [0.3, 0.4) is 0 Å². The SMILES string of the molecule is C=N/C(=C\C(=N/C/C(=C/C(=C)C1=c2\cccc\c2=C(c2ccccc2C)\C=C\CC\C=C\1C)CCC)C1(C)C=CC(/C(C)=C/C=C\C)=CC1)c1cc2ccccc2c2ccccc12. The van der Waals surface area contributed by atoms with Crippen LogP contribution in [0.5, 0.6) is 0 Å². The Hall–Kier alpha value is -6.64. The highest BCUT2D eigenvalue weighted by atomic mass is 14.8. The normalized spacial score (nSPS) is 20.9. The van der Waals surface area contributed by atoms with Crippen LogP contribution in [0, 0.1) is 12.3 Å². The Morgan fingerprint density at radius 3 is 2.25 bits per heavy atom. The van der Waals surface area contributed by atoms with Crippen molar-refractivity contribution in [2.75, 3.05) is 6.54 Å². The zero-order valence-corrected chi connectivity index (χ0v) is 38.2. The van der Waals surface area contributed by atoms with E-state index in [0.29, 0.717) is 6.54 Å². The summed E-state index contributed by atoms with van der Waals surface area (Å²) in [6.45, 7) is 22.8. The van der Waals surface area contributed by atoms with Gasteiger partial charge in [-0.2, -0.15) is 0 Å². The van der Waals surface area contributed by atoms with Crippen LogP contribution in [0.1, 0.15) is 83.4 Å². The lowest BCUT2D eigenvalue weighted by molar-refractivity contribution is 0.598. The number of aryl methyl sites for hydroxylation is 1. The number of hydrogen-bond donors (Lipinski definition) is 0. The molecule has 0 bridgehead atoms. The molecule has 0 saturated carbocycles. The van der Waals surface area contributed by atoms with Crippen molar-refractivity contribution in [3.8, 4) is 0 Å². The van der Waals surface area contributed by atoms with E-state index in [0.717, 1.165) is 60.0 Å². The Bertz CT molecular complexity index is 2980. The highest BCUT2D eigenvalue weighted by Gasteiger charge is 2.29. The fourth-order valence-corrected chi connectivity index (χ4v) is 9.04. The molecular weight excluding hydrogens is 761 g/mol. The van der Waals surface area contributed by atoms with Gasteiger partial charge in [-0.25, -0.2) is 0 Å². The van der Waals surface area contributed by atoms with Crippen molar-refractivity contribution in [2.45, 2.75) is 73.6 Å². The maximum atomic E-state index is 5.60. The third-order valence-corrected chi connectivity index (χ3v) is 12.6. The second kappa shape index (κ2) is 20.5. The monoisotopic (exact) mass is 822 g/mol. The van der Waals surface area contributed by atoms with Gasteiger partial charge in [0.25, 0.3) is 0 Å². The van der Waals surface area contributed by atoms with E-state index in [2.05, 4.69) is 218 Å². The van der Waals surface area contributed by atoms with Crippen LogP contribution in [-0.4, -0.2) is 19.0 Å². The third-order valence-electron chi connectivity index (χ3n) is 12.6. The van der Waals surface area contributed by atoms with Gasteiger partial charge in [-0.05, 0) is 154 Å². The Morgan fingerprint density at radius 2 is 1.52 bits per heavy atom. The van der Waals surface area contributed by atoms with Gasteiger partial charge >= 0.3 is 0 Å². The molecule has 63 heavy (non-hydrogen) atoms.